The zero-order valence-electron chi connectivity index (χ0n) is 9.93. The molecule has 0 spiro atoms. The second kappa shape index (κ2) is 3.84. The molecule has 0 aliphatic carbocycles. The lowest BCUT2D eigenvalue weighted by atomic mass is 10.2. The van der Waals surface area contributed by atoms with E-state index in [9.17, 15) is 0 Å². The predicted octanol–water partition coefficient (Wildman–Crippen LogP) is 2.36. The van der Waals surface area contributed by atoms with Crippen molar-refractivity contribution in [1.29, 1.82) is 0 Å². The average Bonchev–Trinajstić information content (AvgIpc) is 2.92. The minimum Gasteiger partial charge on any atom is -0.299 e. The Bertz CT molecular complexity index is 867. The highest BCUT2D eigenvalue weighted by Gasteiger charge is 2.08. The quantitative estimate of drug-likeness (QED) is 0.518. The van der Waals surface area contributed by atoms with Gasteiger partial charge in [0, 0.05) is 5.69 Å². The molecule has 4 aromatic rings. The van der Waals surface area contributed by atoms with Crippen molar-refractivity contribution in [3.05, 3.63) is 55.0 Å². The molecule has 2 heterocycles. The molecule has 0 atom stereocenters. The Morgan fingerprint density at radius 1 is 0.947 bits per heavy atom. The lowest BCUT2D eigenvalue weighted by molar-refractivity contribution is 0.896. The first-order valence-electron chi connectivity index (χ1n) is 5.93. The van der Waals surface area contributed by atoms with Crippen LogP contribution in [0.2, 0.25) is 0 Å². The molecule has 0 unspecified atom stereocenters. The van der Waals surface area contributed by atoms with Crippen molar-refractivity contribution in [3.8, 4) is 5.69 Å². The number of nitrogens with zero attached hydrogens (tertiary/aromatic N) is 5. The van der Waals surface area contributed by atoms with Gasteiger partial charge in [0.05, 0.1) is 28.1 Å². The second-order valence-electron chi connectivity index (χ2n) is 4.25. The van der Waals surface area contributed by atoms with E-state index in [1.807, 2.05) is 48.8 Å². The van der Waals surface area contributed by atoms with Crippen molar-refractivity contribution in [2.24, 2.45) is 0 Å². The first-order valence-corrected chi connectivity index (χ1v) is 5.93. The Kier molecular flexibility index (Phi) is 2.05. The van der Waals surface area contributed by atoms with Crippen LogP contribution in [0.15, 0.2) is 55.0 Å². The summed E-state index contributed by atoms with van der Waals surface area (Å²) in [6.45, 7) is 0. The van der Waals surface area contributed by atoms with E-state index in [1.165, 1.54) is 0 Å². The van der Waals surface area contributed by atoms with Gasteiger partial charge in [-0.2, -0.15) is 0 Å². The van der Waals surface area contributed by atoms with Gasteiger partial charge in [-0.3, -0.25) is 4.57 Å². The number of hydrogen-bond donors (Lipinski definition) is 0. The molecular weight excluding hydrogens is 238 g/mol. The van der Waals surface area contributed by atoms with E-state index in [4.69, 9.17) is 0 Å². The largest absolute Gasteiger partial charge is 0.299 e. The third kappa shape index (κ3) is 1.48. The Hall–Kier alpha value is -2.82. The molecule has 2 aromatic heterocycles. The highest BCUT2D eigenvalue weighted by atomic mass is 15.3. The number of rotatable bonds is 1. The molecule has 0 saturated carbocycles. The van der Waals surface area contributed by atoms with Gasteiger partial charge in [-0.1, -0.05) is 18.2 Å². The van der Waals surface area contributed by atoms with Crippen molar-refractivity contribution in [3.63, 3.8) is 0 Å². The van der Waals surface area contributed by atoms with Gasteiger partial charge >= 0.3 is 0 Å². The fraction of sp³-hybridized carbons (Fsp3) is 0. The van der Waals surface area contributed by atoms with Crippen LogP contribution in [0.5, 0.6) is 0 Å². The van der Waals surface area contributed by atoms with Crippen LogP contribution in [0, 0.1) is 0 Å². The molecule has 0 fully saturated rings. The zero-order valence-corrected chi connectivity index (χ0v) is 9.93. The van der Waals surface area contributed by atoms with Gasteiger partial charge < -0.3 is 0 Å². The van der Waals surface area contributed by atoms with Gasteiger partial charge in [0.1, 0.15) is 6.33 Å². The number of para-hydroxylation sites is 1. The summed E-state index contributed by atoms with van der Waals surface area (Å²) in [6, 6.07) is 14.1. The Balaban J connectivity index is 2.08. The van der Waals surface area contributed by atoms with Gasteiger partial charge in [0.2, 0.25) is 0 Å². The summed E-state index contributed by atoms with van der Waals surface area (Å²) >= 11 is 0. The maximum atomic E-state index is 4.48. The molecule has 4 rings (SSSR count). The summed E-state index contributed by atoms with van der Waals surface area (Å²) in [5.74, 6) is 0. The van der Waals surface area contributed by atoms with E-state index in [0.717, 1.165) is 27.6 Å². The van der Waals surface area contributed by atoms with E-state index in [2.05, 4.69) is 25.0 Å². The predicted molar refractivity (Wildman–Crippen MR) is 72.0 cm³/mol. The first-order chi connectivity index (χ1) is 9.43. The van der Waals surface area contributed by atoms with Crippen LogP contribution in [0.25, 0.3) is 27.6 Å². The van der Waals surface area contributed by atoms with Gasteiger partial charge in [-0.25, -0.2) is 4.98 Å². The topological polar surface area (TPSA) is 56.5 Å². The summed E-state index contributed by atoms with van der Waals surface area (Å²) in [7, 11) is 0. The summed E-state index contributed by atoms with van der Waals surface area (Å²) in [6.07, 6.45) is 3.52. The fourth-order valence-electron chi connectivity index (χ4n) is 2.26. The van der Waals surface area contributed by atoms with Gasteiger partial charge in [-0.15, -0.1) is 10.2 Å². The van der Waals surface area contributed by atoms with E-state index >= 15 is 0 Å². The van der Waals surface area contributed by atoms with E-state index in [1.54, 1.807) is 6.20 Å². The van der Waals surface area contributed by atoms with Crippen molar-refractivity contribution in [1.82, 2.24) is 25.0 Å². The molecule has 2 aromatic carbocycles. The van der Waals surface area contributed by atoms with Crippen LogP contribution in [0.3, 0.4) is 0 Å². The number of hydrogen-bond acceptors (Lipinski definition) is 4. The molecule has 5 heteroatoms. The number of aromatic nitrogens is 5. The molecule has 0 saturated heterocycles. The smallest absolute Gasteiger partial charge is 0.100 e. The third-order valence-corrected chi connectivity index (χ3v) is 3.16. The van der Waals surface area contributed by atoms with Gasteiger partial charge in [0.15, 0.2) is 0 Å². The SMILES string of the molecule is c1ccc(-n2cnc3c4cnnnc4ccc32)cc1. The highest BCUT2D eigenvalue weighted by Crippen LogP contribution is 2.24. The van der Waals surface area contributed by atoms with E-state index < -0.39 is 0 Å². The first kappa shape index (κ1) is 10.1. The number of fused-ring (bicyclic) bond motifs is 3. The Morgan fingerprint density at radius 3 is 2.74 bits per heavy atom. The molecule has 0 aliphatic heterocycles. The van der Waals surface area contributed by atoms with Crippen LogP contribution in [-0.4, -0.2) is 25.0 Å². The second-order valence-corrected chi connectivity index (χ2v) is 4.25. The normalized spacial score (nSPS) is 11.2. The molecule has 0 bridgehead atoms. The molecule has 0 aliphatic rings. The summed E-state index contributed by atoms with van der Waals surface area (Å²) < 4.78 is 2.05. The summed E-state index contributed by atoms with van der Waals surface area (Å²) in [4.78, 5) is 4.48. The molecule has 19 heavy (non-hydrogen) atoms. The molecule has 5 nitrogen and oxygen atoms in total. The molecule has 0 radical (unpaired) electrons. The maximum Gasteiger partial charge on any atom is 0.100 e. The van der Waals surface area contributed by atoms with Crippen LogP contribution in [0.1, 0.15) is 0 Å². The van der Waals surface area contributed by atoms with Gasteiger partial charge in [0.25, 0.3) is 0 Å². The lowest BCUT2D eigenvalue weighted by Gasteiger charge is -2.03. The van der Waals surface area contributed by atoms with Crippen LogP contribution in [0.4, 0.5) is 0 Å². The van der Waals surface area contributed by atoms with E-state index in [-0.39, 0.29) is 0 Å². The highest BCUT2D eigenvalue weighted by molar-refractivity contribution is 6.02. The third-order valence-electron chi connectivity index (χ3n) is 3.16. The summed E-state index contributed by atoms with van der Waals surface area (Å²) in [5, 5.41) is 12.4. The fourth-order valence-corrected chi connectivity index (χ4v) is 2.26. The number of benzene rings is 2. The van der Waals surface area contributed by atoms with Crippen molar-refractivity contribution < 1.29 is 0 Å². The molecule has 0 N–H and O–H groups in total. The molecule has 0 amide bonds. The monoisotopic (exact) mass is 247 g/mol. The van der Waals surface area contributed by atoms with Crippen LogP contribution in [-0.2, 0) is 0 Å². The minimum absolute atomic E-state index is 0.806. The lowest BCUT2D eigenvalue weighted by Crippen LogP contribution is -1.92. The summed E-state index contributed by atoms with van der Waals surface area (Å²) in [5.41, 5.74) is 3.82. The van der Waals surface area contributed by atoms with Crippen molar-refractivity contribution in [2.45, 2.75) is 0 Å². The van der Waals surface area contributed by atoms with Gasteiger partial charge in [-0.05, 0) is 29.5 Å². The Labute approximate surface area is 108 Å². The number of imidazole rings is 1. The average molecular weight is 247 g/mol. The zero-order chi connectivity index (χ0) is 12.7. The standard InChI is InChI=1S/C14H9N5/c1-2-4-10(5-3-1)19-9-15-14-11-8-16-18-17-12(11)6-7-13(14)19/h1-9H. The van der Waals surface area contributed by atoms with Crippen molar-refractivity contribution in [2.75, 3.05) is 0 Å². The molecule has 90 valence electrons. The Morgan fingerprint density at radius 2 is 1.84 bits per heavy atom. The van der Waals surface area contributed by atoms with Crippen LogP contribution < -0.4 is 0 Å². The maximum absolute atomic E-state index is 4.48. The van der Waals surface area contributed by atoms with Crippen molar-refractivity contribution >= 4 is 21.9 Å². The molecular formula is C14H9N5. The van der Waals surface area contributed by atoms with Crippen LogP contribution >= 0.6 is 0 Å². The minimum atomic E-state index is 0.806. The van der Waals surface area contributed by atoms with E-state index in [0.29, 0.717) is 0 Å².